The Morgan fingerprint density at radius 3 is 2.30 bits per heavy atom. The average Bonchev–Trinajstić information content (AvgIpc) is 2.35. The van der Waals surface area contributed by atoms with Crippen LogP contribution >= 0.6 is 0 Å². The van der Waals surface area contributed by atoms with Crippen molar-refractivity contribution in [3.8, 4) is 0 Å². The van der Waals surface area contributed by atoms with E-state index in [2.05, 4.69) is 5.32 Å². The van der Waals surface area contributed by atoms with Crippen molar-refractivity contribution < 1.29 is 14.7 Å². The first-order valence-electron chi connectivity index (χ1n) is 6.54. The summed E-state index contributed by atoms with van der Waals surface area (Å²) in [7, 11) is 0. The molecular formula is C15H22NNaO3. The van der Waals surface area contributed by atoms with Gasteiger partial charge in [-0.05, 0) is 30.4 Å². The molecule has 4 nitrogen and oxygen atoms in total. The molecule has 0 aliphatic heterocycles. The SMILES string of the molecule is CC(C)CC(CNC(=O)c1ccccc1)CC(=O)O.[NaH]. The third-order valence-corrected chi connectivity index (χ3v) is 2.86. The molecule has 0 spiro atoms. The van der Waals surface area contributed by atoms with Crippen LogP contribution in [0.4, 0.5) is 0 Å². The summed E-state index contributed by atoms with van der Waals surface area (Å²) in [6, 6.07) is 8.94. The number of carboxylic acids is 1. The summed E-state index contributed by atoms with van der Waals surface area (Å²) in [6.45, 7) is 4.50. The van der Waals surface area contributed by atoms with Crippen molar-refractivity contribution in [3.05, 3.63) is 35.9 Å². The zero-order chi connectivity index (χ0) is 14.3. The van der Waals surface area contributed by atoms with Crippen LogP contribution in [0.5, 0.6) is 0 Å². The number of nitrogens with one attached hydrogen (secondary N) is 1. The standard InChI is InChI=1S/C15H21NO3.Na.H/c1-11(2)8-12(9-14(17)18)10-16-15(19)13-6-4-3-5-7-13;;/h3-7,11-12H,8-10H2,1-2H3,(H,16,19)(H,17,18);;. The Kier molecular flexibility index (Phi) is 9.55. The fraction of sp³-hybridized carbons (Fsp3) is 0.467. The Morgan fingerprint density at radius 2 is 1.80 bits per heavy atom. The van der Waals surface area contributed by atoms with E-state index < -0.39 is 5.97 Å². The molecule has 1 aromatic rings. The van der Waals surface area contributed by atoms with Gasteiger partial charge in [0.15, 0.2) is 0 Å². The van der Waals surface area contributed by atoms with Crippen LogP contribution in [0.1, 0.15) is 37.0 Å². The van der Waals surface area contributed by atoms with E-state index in [4.69, 9.17) is 5.11 Å². The van der Waals surface area contributed by atoms with Crippen molar-refractivity contribution in [2.75, 3.05) is 6.54 Å². The van der Waals surface area contributed by atoms with Crippen LogP contribution in [0, 0.1) is 11.8 Å². The van der Waals surface area contributed by atoms with Crippen LogP contribution in [0.15, 0.2) is 30.3 Å². The molecule has 1 rings (SSSR count). The van der Waals surface area contributed by atoms with Gasteiger partial charge in [-0.1, -0.05) is 32.0 Å². The molecule has 20 heavy (non-hydrogen) atoms. The second kappa shape index (κ2) is 9.97. The number of carboxylic acid groups (broad SMARTS) is 1. The van der Waals surface area contributed by atoms with Gasteiger partial charge in [0.1, 0.15) is 0 Å². The molecule has 0 saturated carbocycles. The quantitative estimate of drug-likeness (QED) is 0.753. The second-order valence-electron chi connectivity index (χ2n) is 5.17. The molecule has 1 amide bonds. The fourth-order valence-electron chi connectivity index (χ4n) is 2.08. The molecule has 0 aliphatic carbocycles. The van der Waals surface area contributed by atoms with E-state index in [0.717, 1.165) is 6.42 Å². The molecule has 0 aliphatic rings. The van der Waals surface area contributed by atoms with Crippen molar-refractivity contribution in [2.24, 2.45) is 11.8 Å². The van der Waals surface area contributed by atoms with Gasteiger partial charge in [-0.2, -0.15) is 0 Å². The maximum absolute atomic E-state index is 11.9. The summed E-state index contributed by atoms with van der Waals surface area (Å²) >= 11 is 0. The normalized spacial score (nSPS) is 11.6. The third-order valence-electron chi connectivity index (χ3n) is 2.86. The number of rotatable bonds is 7. The van der Waals surface area contributed by atoms with E-state index in [1.54, 1.807) is 24.3 Å². The molecule has 0 radical (unpaired) electrons. The Morgan fingerprint density at radius 1 is 1.20 bits per heavy atom. The molecule has 0 saturated heterocycles. The summed E-state index contributed by atoms with van der Waals surface area (Å²) in [5.74, 6) is -0.581. The first-order chi connectivity index (χ1) is 8.99. The van der Waals surface area contributed by atoms with Crippen LogP contribution in [-0.2, 0) is 4.79 Å². The van der Waals surface area contributed by atoms with E-state index in [9.17, 15) is 9.59 Å². The first-order valence-corrected chi connectivity index (χ1v) is 6.54. The van der Waals surface area contributed by atoms with E-state index in [1.165, 1.54) is 0 Å². The molecule has 0 bridgehead atoms. The maximum atomic E-state index is 11.9. The Balaban J connectivity index is 0.00000361. The van der Waals surface area contributed by atoms with Gasteiger partial charge in [-0.3, -0.25) is 9.59 Å². The Bertz CT molecular complexity index is 420. The predicted octanol–water partition coefficient (Wildman–Crippen LogP) is 1.90. The Hall–Kier alpha value is -0.840. The minimum atomic E-state index is -0.820. The summed E-state index contributed by atoms with van der Waals surface area (Å²) in [5.41, 5.74) is 0.598. The average molecular weight is 287 g/mol. The molecule has 1 aromatic carbocycles. The molecular weight excluding hydrogens is 265 g/mol. The van der Waals surface area contributed by atoms with Crippen LogP contribution in [0.2, 0.25) is 0 Å². The summed E-state index contributed by atoms with van der Waals surface area (Å²) in [5, 5.41) is 11.7. The topological polar surface area (TPSA) is 66.4 Å². The number of carbonyl (C=O) groups excluding carboxylic acids is 1. The van der Waals surface area contributed by atoms with Gasteiger partial charge in [0.05, 0.1) is 0 Å². The molecule has 5 heteroatoms. The van der Waals surface area contributed by atoms with Crippen LogP contribution < -0.4 is 5.32 Å². The first kappa shape index (κ1) is 19.2. The molecule has 106 valence electrons. The molecule has 0 fully saturated rings. The van der Waals surface area contributed by atoms with Gasteiger partial charge in [-0.25, -0.2) is 0 Å². The predicted molar refractivity (Wildman–Crippen MR) is 81.1 cm³/mol. The number of hydrogen-bond acceptors (Lipinski definition) is 2. The van der Waals surface area contributed by atoms with E-state index in [-0.39, 0.29) is 47.8 Å². The number of aliphatic carboxylic acids is 1. The van der Waals surface area contributed by atoms with Gasteiger partial charge in [0.25, 0.3) is 5.91 Å². The zero-order valence-corrected chi connectivity index (χ0v) is 11.4. The summed E-state index contributed by atoms with van der Waals surface area (Å²) < 4.78 is 0. The number of hydrogen-bond donors (Lipinski definition) is 2. The van der Waals surface area contributed by atoms with Gasteiger partial charge in [0, 0.05) is 18.5 Å². The van der Waals surface area contributed by atoms with Crippen molar-refractivity contribution in [1.82, 2.24) is 5.32 Å². The van der Waals surface area contributed by atoms with Crippen LogP contribution in [0.3, 0.4) is 0 Å². The fourth-order valence-corrected chi connectivity index (χ4v) is 2.08. The van der Waals surface area contributed by atoms with Gasteiger partial charge in [-0.15, -0.1) is 0 Å². The zero-order valence-electron chi connectivity index (χ0n) is 11.4. The summed E-state index contributed by atoms with van der Waals surface area (Å²) in [6.07, 6.45) is 0.884. The van der Waals surface area contributed by atoms with E-state index in [1.807, 2.05) is 19.9 Å². The van der Waals surface area contributed by atoms with Crippen molar-refractivity contribution in [3.63, 3.8) is 0 Å². The number of carbonyl (C=O) groups is 2. The summed E-state index contributed by atoms with van der Waals surface area (Å²) in [4.78, 5) is 22.7. The second-order valence-corrected chi connectivity index (χ2v) is 5.17. The van der Waals surface area contributed by atoms with Gasteiger partial charge < -0.3 is 10.4 Å². The molecule has 2 N–H and O–H groups in total. The number of benzene rings is 1. The minimum absolute atomic E-state index is 0. The molecule has 0 aromatic heterocycles. The van der Waals surface area contributed by atoms with Crippen molar-refractivity contribution in [1.29, 1.82) is 0 Å². The molecule has 1 atom stereocenters. The van der Waals surface area contributed by atoms with E-state index >= 15 is 0 Å². The number of amides is 1. The van der Waals surface area contributed by atoms with Crippen molar-refractivity contribution >= 4 is 41.4 Å². The Labute approximate surface area is 142 Å². The van der Waals surface area contributed by atoms with Crippen LogP contribution in [0.25, 0.3) is 0 Å². The van der Waals surface area contributed by atoms with Crippen LogP contribution in [-0.4, -0.2) is 53.1 Å². The van der Waals surface area contributed by atoms with Gasteiger partial charge in [0.2, 0.25) is 0 Å². The molecule has 1 unspecified atom stereocenters. The molecule has 0 heterocycles. The van der Waals surface area contributed by atoms with Gasteiger partial charge >= 0.3 is 35.5 Å². The monoisotopic (exact) mass is 287 g/mol. The van der Waals surface area contributed by atoms with E-state index in [0.29, 0.717) is 18.0 Å². The third kappa shape index (κ3) is 7.68. The van der Waals surface area contributed by atoms with Crippen molar-refractivity contribution in [2.45, 2.75) is 26.7 Å².